The molecule has 1 aromatic heterocycles. The molecule has 0 saturated carbocycles. The third-order valence-electron chi connectivity index (χ3n) is 3.95. The topological polar surface area (TPSA) is 93.0 Å². The SMILES string of the molecule is O=[N+]([O-])c1c(Nc2ccc(C(F)(F)F)cc2)ncnc1Nc1ccc(C(F)(F)F)cc1. The zero-order valence-corrected chi connectivity index (χ0v) is 15.1. The molecule has 0 atom stereocenters. The molecule has 0 amide bonds. The van der Waals surface area contributed by atoms with Crippen molar-refractivity contribution in [3.63, 3.8) is 0 Å². The lowest BCUT2D eigenvalue weighted by Gasteiger charge is -2.12. The number of hydrogen-bond donors (Lipinski definition) is 2. The van der Waals surface area contributed by atoms with Crippen LogP contribution in [0.15, 0.2) is 54.9 Å². The Hall–Kier alpha value is -3.90. The van der Waals surface area contributed by atoms with E-state index in [0.717, 1.165) is 54.9 Å². The Kier molecular flexibility index (Phi) is 5.69. The Morgan fingerprint density at radius 1 is 0.710 bits per heavy atom. The average Bonchev–Trinajstić information content (AvgIpc) is 2.67. The summed E-state index contributed by atoms with van der Waals surface area (Å²) in [5, 5.41) is 16.6. The van der Waals surface area contributed by atoms with Crippen LogP contribution in [0.25, 0.3) is 0 Å². The fourth-order valence-electron chi connectivity index (χ4n) is 2.49. The van der Waals surface area contributed by atoms with Gasteiger partial charge in [0.1, 0.15) is 6.33 Å². The molecular weight excluding hydrogens is 432 g/mol. The first-order valence-corrected chi connectivity index (χ1v) is 8.33. The molecule has 3 aromatic rings. The van der Waals surface area contributed by atoms with E-state index < -0.39 is 34.1 Å². The number of aromatic nitrogens is 2. The minimum absolute atomic E-state index is 0.0929. The molecule has 0 aliphatic heterocycles. The lowest BCUT2D eigenvalue weighted by Crippen LogP contribution is -2.07. The second-order valence-corrected chi connectivity index (χ2v) is 6.08. The van der Waals surface area contributed by atoms with Crippen LogP contribution in [0.2, 0.25) is 0 Å². The molecule has 0 bridgehead atoms. The highest BCUT2D eigenvalue weighted by Crippen LogP contribution is 2.35. The molecule has 7 nitrogen and oxygen atoms in total. The molecule has 0 aliphatic rings. The van der Waals surface area contributed by atoms with Crippen molar-refractivity contribution >= 4 is 28.7 Å². The number of nitrogens with zero attached hydrogens (tertiary/aromatic N) is 3. The van der Waals surface area contributed by atoms with Crippen LogP contribution < -0.4 is 10.6 Å². The van der Waals surface area contributed by atoms with Crippen LogP contribution in [0.3, 0.4) is 0 Å². The third-order valence-corrected chi connectivity index (χ3v) is 3.95. The van der Waals surface area contributed by atoms with Gasteiger partial charge < -0.3 is 10.6 Å². The van der Waals surface area contributed by atoms with Gasteiger partial charge in [-0.1, -0.05) is 0 Å². The average molecular weight is 443 g/mol. The monoisotopic (exact) mass is 443 g/mol. The Morgan fingerprint density at radius 3 is 1.35 bits per heavy atom. The van der Waals surface area contributed by atoms with Gasteiger partial charge in [-0.2, -0.15) is 26.3 Å². The summed E-state index contributed by atoms with van der Waals surface area (Å²) < 4.78 is 76.0. The van der Waals surface area contributed by atoms with Crippen molar-refractivity contribution in [1.29, 1.82) is 0 Å². The summed E-state index contributed by atoms with van der Waals surface area (Å²) >= 11 is 0. The molecule has 0 fully saturated rings. The summed E-state index contributed by atoms with van der Waals surface area (Å²) in [4.78, 5) is 18.2. The van der Waals surface area contributed by atoms with Crippen LogP contribution in [-0.4, -0.2) is 14.9 Å². The maximum absolute atomic E-state index is 12.7. The van der Waals surface area contributed by atoms with Crippen molar-refractivity contribution in [3.8, 4) is 0 Å². The van der Waals surface area contributed by atoms with Crippen LogP contribution in [0.5, 0.6) is 0 Å². The lowest BCUT2D eigenvalue weighted by molar-refractivity contribution is -0.383. The molecule has 2 aromatic carbocycles. The van der Waals surface area contributed by atoms with E-state index in [2.05, 4.69) is 20.6 Å². The minimum Gasteiger partial charge on any atom is -0.334 e. The van der Waals surface area contributed by atoms with Gasteiger partial charge in [0.05, 0.1) is 16.1 Å². The van der Waals surface area contributed by atoms with E-state index in [1.165, 1.54) is 0 Å². The van der Waals surface area contributed by atoms with E-state index in [4.69, 9.17) is 0 Å². The van der Waals surface area contributed by atoms with Crippen molar-refractivity contribution in [3.05, 3.63) is 76.1 Å². The predicted octanol–water partition coefficient (Wildman–Crippen LogP) is 5.91. The molecule has 3 rings (SSSR count). The van der Waals surface area contributed by atoms with E-state index in [0.29, 0.717) is 0 Å². The van der Waals surface area contributed by atoms with Crippen LogP contribution >= 0.6 is 0 Å². The van der Waals surface area contributed by atoms with Gasteiger partial charge in [0.15, 0.2) is 0 Å². The minimum atomic E-state index is -4.54. The lowest BCUT2D eigenvalue weighted by atomic mass is 10.2. The van der Waals surface area contributed by atoms with E-state index in [1.54, 1.807) is 0 Å². The molecule has 13 heteroatoms. The molecule has 1 heterocycles. The number of nitrogens with one attached hydrogen (secondary N) is 2. The van der Waals surface area contributed by atoms with Gasteiger partial charge in [0, 0.05) is 11.4 Å². The first-order valence-electron chi connectivity index (χ1n) is 8.33. The molecule has 0 aliphatic carbocycles. The smallest absolute Gasteiger partial charge is 0.334 e. The van der Waals surface area contributed by atoms with E-state index >= 15 is 0 Å². The van der Waals surface area contributed by atoms with Gasteiger partial charge >= 0.3 is 18.0 Å². The van der Waals surface area contributed by atoms with Gasteiger partial charge in [-0.15, -0.1) is 0 Å². The highest BCUT2D eigenvalue weighted by molar-refractivity contribution is 5.76. The first-order chi connectivity index (χ1) is 14.4. The number of halogens is 6. The Labute approximate surface area is 169 Å². The Bertz CT molecular complexity index is 1000. The van der Waals surface area contributed by atoms with Crippen molar-refractivity contribution in [2.24, 2.45) is 0 Å². The van der Waals surface area contributed by atoms with E-state index in [-0.39, 0.29) is 23.0 Å². The molecular formula is C18H11F6N5O2. The largest absolute Gasteiger partial charge is 0.416 e. The maximum Gasteiger partial charge on any atom is 0.416 e. The fraction of sp³-hybridized carbons (Fsp3) is 0.111. The molecule has 0 radical (unpaired) electrons. The summed E-state index contributed by atoms with van der Waals surface area (Å²) in [5.74, 6) is -0.650. The number of nitro groups is 1. The first kappa shape index (κ1) is 21.8. The normalized spacial score (nSPS) is 11.8. The van der Waals surface area contributed by atoms with Crippen molar-refractivity contribution < 1.29 is 31.3 Å². The maximum atomic E-state index is 12.7. The third kappa shape index (κ3) is 5.18. The molecule has 0 spiro atoms. The standard InChI is InChI=1S/C18H11F6N5O2/c19-17(20,21)10-1-5-12(6-2-10)27-15-14(29(30)31)16(26-9-25-15)28-13-7-3-11(4-8-13)18(22,23)24/h1-9H,(H2,25,26,27,28). The summed E-state index contributed by atoms with van der Waals surface area (Å²) in [6, 6.07) is 7.42. The number of anilines is 4. The molecule has 31 heavy (non-hydrogen) atoms. The van der Waals surface area contributed by atoms with Gasteiger partial charge in [-0.25, -0.2) is 9.97 Å². The molecule has 2 N–H and O–H groups in total. The second kappa shape index (κ2) is 8.08. The molecule has 162 valence electrons. The second-order valence-electron chi connectivity index (χ2n) is 6.08. The number of rotatable bonds is 5. The van der Waals surface area contributed by atoms with Crippen LogP contribution in [0.1, 0.15) is 11.1 Å². The number of alkyl halides is 6. The Morgan fingerprint density at radius 2 is 1.06 bits per heavy atom. The number of hydrogen-bond acceptors (Lipinski definition) is 6. The highest BCUT2D eigenvalue weighted by atomic mass is 19.4. The summed E-state index contributed by atoms with van der Waals surface area (Å²) in [6.45, 7) is 0. The van der Waals surface area contributed by atoms with E-state index in [1.807, 2.05) is 0 Å². The van der Waals surface area contributed by atoms with Gasteiger partial charge in [0.25, 0.3) is 0 Å². The highest BCUT2D eigenvalue weighted by Gasteiger charge is 2.31. The quantitative estimate of drug-likeness (QED) is 0.289. The summed E-state index contributed by atoms with van der Waals surface area (Å²) in [5.41, 5.74) is -2.27. The fourth-order valence-corrected chi connectivity index (χ4v) is 2.49. The molecule has 0 saturated heterocycles. The van der Waals surface area contributed by atoms with E-state index in [9.17, 15) is 36.5 Å². The number of benzene rings is 2. The summed E-state index contributed by atoms with van der Waals surface area (Å²) in [7, 11) is 0. The van der Waals surface area contributed by atoms with Crippen molar-refractivity contribution in [2.75, 3.05) is 10.6 Å². The van der Waals surface area contributed by atoms with Crippen LogP contribution in [0, 0.1) is 10.1 Å². The van der Waals surface area contributed by atoms with Crippen LogP contribution in [0.4, 0.5) is 55.0 Å². The molecule has 0 unspecified atom stereocenters. The zero-order chi connectivity index (χ0) is 22.8. The van der Waals surface area contributed by atoms with Crippen molar-refractivity contribution in [1.82, 2.24) is 9.97 Å². The van der Waals surface area contributed by atoms with Gasteiger partial charge in [-0.3, -0.25) is 10.1 Å². The predicted molar refractivity (Wildman–Crippen MR) is 98.1 cm³/mol. The van der Waals surface area contributed by atoms with Gasteiger partial charge in [0.2, 0.25) is 11.6 Å². The van der Waals surface area contributed by atoms with Crippen molar-refractivity contribution in [2.45, 2.75) is 12.4 Å². The van der Waals surface area contributed by atoms with Crippen LogP contribution in [-0.2, 0) is 12.4 Å². The zero-order valence-electron chi connectivity index (χ0n) is 15.1. The Balaban J connectivity index is 1.88. The summed E-state index contributed by atoms with van der Waals surface area (Å²) in [6.07, 6.45) is -8.14. The van der Waals surface area contributed by atoms with Gasteiger partial charge in [-0.05, 0) is 48.5 Å².